The summed E-state index contributed by atoms with van der Waals surface area (Å²) in [7, 11) is 3.92. The van der Waals surface area contributed by atoms with E-state index in [1.165, 1.54) is 0 Å². The Bertz CT molecular complexity index is 197. The quantitative estimate of drug-likeness (QED) is 0.555. The van der Waals surface area contributed by atoms with Gasteiger partial charge in [0.1, 0.15) is 0 Å². The third kappa shape index (κ3) is 3.46. The minimum absolute atomic E-state index is 0.897. The van der Waals surface area contributed by atoms with E-state index in [2.05, 4.69) is 19.7 Å². The van der Waals surface area contributed by atoms with Crippen LogP contribution in [-0.2, 0) is 0 Å². The highest BCUT2D eigenvalue weighted by atomic mass is 15.0. The van der Waals surface area contributed by atoms with Gasteiger partial charge >= 0.3 is 0 Å². The van der Waals surface area contributed by atoms with Gasteiger partial charge in [0.25, 0.3) is 0 Å². The molecule has 0 bridgehead atoms. The van der Waals surface area contributed by atoms with Crippen LogP contribution < -0.4 is 0 Å². The summed E-state index contributed by atoms with van der Waals surface area (Å²) in [5, 5.41) is 0. The predicted molar refractivity (Wildman–Crippen MR) is 51.3 cm³/mol. The fourth-order valence-corrected chi connectivity index (χ4v) is 0.663. The molecule has 0 rings (SSSR count). The van der Waals surface area contributed by atoms with Crippen LogP contribution in [-0.4, -0.2) is 19.0 Å². The van der Waals surface area contributed by atoms with Gasteiger partial charge in [0.05, 0.1) is 0 Å². The molecule has 0 heterocycles. The Hall–Kier alpha value is -1.24. The Labute approximate surface area is 69.0 Å². The third-order valence-corrected chi connectivity index (χ3v) is 1.23. The first-order valence-corrected chi connectivity index (χ1v) is 3.44. The van der Waals surface area contributed by atoms with E-state index in [1.807, 2.05) is 25.2 Å². The second kappa shape index (κ2) is 4.56. The summed E-state index contributed by atoms with van der Waals surface area (Å²) in [4.78, 5) is 1.95. The van der Waals surface area contributed by atoms with E-state index in [0.29, 0.717) is 0 Å². The van der Waals surface area contributed by atoms with Crippen molar-refractivity contribution < 1.29 is 0 Å². The van der Waals surface area contributed by atoms with Crippen molar-refractivity contribution in [3.8, 4) is 0 Å². The van der Waals surface area contributed by atoms with Crippen molar-refractivity contribution in [1.29, 1.82) is 0 Å². The van der Waals surface area contributed by atoms with E-state index in [1.54, 1.807) is 12.2 Å². The molecular formula is C10H15N. The molecule has 60 valence electrons. The fraction of sp³-hybridized carbons (Fsp3) is 0.200. The first-order valence-electron chi connectivity index (χ1n) is 3.44. The molecule has 0 aliphatic rings. The zero-order chi connectivity index (χ0) is 8.85. The highest BCUT2D eigenvalue weighted by Crippen LogP contribution is 2.09. The lowest BCUT2D eigenvalue weighted by Crippen LogP contribution is -2.02. The van der Waals surface area contributed by atoms with Gasteiger partial charge in [-0.1, -0.05) is 31.9 Å². The van der Waals surface area contributed by atoms with Gasteiger partial charge in [-0.25, -0.2) is 0 Å². The summed E-state index contributed by atoms with van der Waals surface area (Å²) in [5.41, 5.74) is 1.90. The number of hydrogen-bond donors (Lipinski definition) is 0. The van der Waals surface area contributed by atoms with E-state index in [0.717, 1.165) is 11.1 Å². The first-order chi connectivity index (χ1) is 5.11. The van der Waals surface area contributed by atoms with Crippen molar-refractivity contribution in [2.75, 3.05) is 14.1 Å². The van der Waals surface area contributed by atoms with Crippen LogP contribution >= 0.6 is 0 Å². The summed E-state index contributed by atoms with van der Waals surface area (Å²) >= 11 is 0. The van der Waals surface area contributed by atoms with Gasteiger partial charge in [-0.15, -0.1) is 0 Å². The Morgan fingerprint density at radius 3 is 2.00 bits per heavy atom. The molecule has 0 aliphatic heterocycles. The molecular weight excluding hydrogens is 134 g/mol. The van der Waals surface area contributed by atoms with Crippen LogP contribution in [0.15, 0.2) is 49.2 Å². The average Bonchev–Trinajstić information content (AvgIpc) is 1.98. The number of nitrogens with zero attached hydrogens (tertiary/aromatic N) is 1. The van der Waals surface area contributed by atoms with Gasteiger partial charge in [-0.05, 0) is 11.1 Å². The monoisotopic (exact) mass is 149 g/mol. The normalized spacial score (nSPS) is 10.5. The van der Waals surface area contributed by atoms with Crippen molar-refractivity contribution in [3.63, 3.8) is 0 Å². The maximum Gasteiger partial charge on any atom is 0.00643 e. The summed E-state index contributed by atoms with van der Waals surface area (Å²) in [6.07, 6.45) is 5.44. The molecule has 0 saturated heterocycles. The average molecular weight is 149 g/mol. The molecule has 0 aromatic heterocycles. The smallest absolute Gasteiger partial charge is 0.00643 e. The molecule has 0 unspecified atom stereocenters. The predicted octanol–water partition coefficient (Wildman–Crippen LogP) is 2.36. The number of rotatable bonds is 4. The fourth-order valence-electron chi connectivity index (χ4n) is 0.663. The Balaban J connectivity index is 4.52. The molecule has 0 aliphatic carbocycles. The summed E-state index contributed by atoms with van der Waals surface area (Å²) < 4.78 is 0. The SMILES string of the molecule is C=CC(=C)/C(C=C)=C/N(C)C. The van der Waals surface area contributed by atoms with Crippen LogP contribution in [0, 0.1) is 0 Å². The molecule has 0 atom stereocenters. The Morgan fingerprint density at radius 2 is 1.73 bits per heavy atom. The van der Waals surface area contributed by atoms with Gasteiger partial charge in [-0.2, -0.15) is 0 Å². The maximum atomic E-state index is 3.81. The molecule has 0 N–H and O–H groups in total. The van der Waals surface area contributed by atoms with E-state index < -0.39 is 0 Å². The summed E-state index contributed by atoms with van der Waals surface area (Å²) in [5.74, 6) is 0. The van der Waals surface area contributed by atoms with Crippen molar-refractivity contribution >= 4 is 0 Å². The zero-order valence-electron chi connectivity index (χ0n) is 7.30. The standard InChI is InChI=1S/C10H15N/c1-6-9(3)10(7-2)8-11(4)5/h6-8H,1-3H2,4-5H3/b10-8+. The second-order valence-electron chi connectivity index (χ2n) is 2.48. The Morgan fingerprint density at radius 1 is 1.18 bits per heavy atom. The second-order valence-corrected chi connectivity index (χ2v) is 2.48. The van der Waals surface area contributed by atoms with Gasteiger partial charge in [0.2, 0.25) is 0 Å². The lowest BCUT2D eigenvalue weighted by Gasteiger charge is -2.08. The molecule has 0 amide bonds. The summed E-state index contributed by atoms with van der Waals surface area (Å²) in [6.45, 7) is 11.1. The lowest BCUT2D eigenvalue weighted by molar-refractivity contribution is 0.561. The van der Waals surface area contributed by atoms with Crippen molar-refractivity contribution in [2.45, 2.75) is 0 Å². The van der Waals surface area contributed by atoms with Crippen LogP contribution in [0.25, 0.3) is 0 Å². The molecule has 0 aromatic rings. The minimum Gasteiger partial charge on any atom is -0.383 e. The van der Waals surface area contributed by atoms with Gasteiger partial charge < -0.3 is 4.90 Å². The largest absolute Gasteiger partial charge is 0.383 e. The van der Waals surface area contributed by atoms with Gasteiger partial charge in [0, 0.05) is 20.3 Å². The molecule has 0 fully saturated rings. The van der Waals surface area contributed by atoms with Gasteiger partial charge in [0.15, 0.2) is 0 Å². The first kappa shape index (κ1) is 9.76. The highest BCUT2D eigenvalue weighted by molar-refractivity contribution is 5.42. The lowest BCUT2D eigenvalue weighted by atomic mass is 10.1. The van der Waals surface area contributed by atoms with Crippen molar-refractivity contribution in [1.82, 2.24) is 4.90 Å². The summed E-state index contributed by atoms with van der Waals surface area (Å²) in [6, 6.07) is 0. The van der Waals surface area contributed by atoms with Crippen LogP contribution in [0.2, 0.25) is 0 Å². The topological polar surface area (TPSA) is 3.24 Å². The van der Waals surface area contributed by atoms with Gasteiger partial charge in [-0.3, -0.25) is 0 Å². The van der Waals surface area contributed by atoms with Crippen molar-refractivity contribution in [3.05, 3.63) is 49.2 Å². The van der Waals surface area contributed by atoms with Crippen molar-refractivity contribution in [2.24, 2.45) is 0 Å². The maximum absolute atomic E-state index is 3.81. The van der Waals surface area contributed by atoms with E-state index >= 15 is 0 Å². The highest BCUT2D eigenvalue weighted by Gasteiger charge is 1.92. The Kier molecular flexibility index (Phi) is 4.04. The number of hydrogen-bond acceptors (Lipinski definition) is 1. The molecule has 11 heavy (non-hydrogen) atoms. The molecule has 1 heteroatoms. The zero-order valence-corrected chi connectivity index (χ0v) is 7.30. The minimum atomic E-state index is 0.897. The van der Waals surface area contributed by atoms with E-state index in [9.17, 15) is 0 Å². The van der Waals surface area contributed by atoms with Crippen LogP contribution in [0.5, 0.6) is 0 Å². The number of allylic oxidation sites excluding steroid dienone is 4. The van der Waals surface area contributed by atoms with Crippen LogP contribution in [0.4, 0.5) is 0 Å². The van der Waals surface area contributed by atoms with E-state index in [-0.39, 0.29) is 0 Å². The molecule has 0 saturated carbocycles. The van der Waals surface area contributed by atoms with E-state index in [4.69, 9.17) is 0 Å². The van der Waals surface area contributed by atoms with Crippen LogP contribution in [0.3, 0.4) is 0 Å². The molecule has 0 aromatic carbocycles. The van der Waals surface area contributed by atoms with Crippen LogP contribution in [0.1, 0.15) is 0 Å². The molecule has 0 spiro atoms. The third-order valence-electron chi connectivity index (χ3n) is 1.23. The molecule has 0 radical (unpaired) electrons. The molecule has 1 nitrogen and oxygen atoms in total.